The van der Waals surface area contributed by atoms with E-state index in [4.69, 9.17) is 0 Å². The molecule has 0 bridgehead atoms. The molecule has 108 valence electrons. The summed E-state index contributed by atoms with van der Waals surface area (Å²) in [5, 5.41) is 3.76. The molecule has 3 heteroatoms. The third kappa shape index (κ3) is 4.20. The maximum atomic E-state index is 12.5. The van der Waals surface area contributed by atoms with Crippen LogP contribution in [0.5, 0.6) is 0 Å². The summed E-state index contributed by atoms with van der Waals surface area (Å²) in [4.78, 5) is 2.53. The van der Waals surface area contributed by atoms with E-state index in [0.717, 1.165) is 32.5 Å². The molecule has 1 unspecified atom stereocenters. The topological polar surface area (TPSA) is 15.3 Å². The first kappa shape index (κ1) is 15.9. The molecule has 1 aliphatic heterocycles. The molecule has 0 aromatic heterocycles. The monoisotopic (exact) mass is 258 g/mol. The van der Waals surface area contributed by atoms with E-state index in [1.165, 1.54) is 6.42 Å². The largest absolute Gasteiger partial charge is 0.308 e. The summed E-state index contributed by atoms with van der Waals surface area (Å²) in [5.41, 5.74) is 0.254. The van der Waals surface area contributed by atoms with Gasteiger partial charge in [-0.3, -0.25) is 9.29 Å². The third-order valence-electron chi connectivity index (χ3n) is 4.41. The van der Waals surface area contributed by atoms with Crippen molar-refractivity contribution in [1.82, 2.24) is 10.2 Å². The van der Waals surface area contributed by atoms with Gasteiger partial charge < -0.3 is 5.32 Å². The van der Waals surface area contributed by atoms with E-state index >= 15 is 0 Å². The van der Waals surface area contributed by atoms with Crippen LogP contribution >= 0.6 is 0 Å². The number of rotatable bonds is 7. The summed E-state index contributed by atoms with van der Waals surface area (Å²) in [6, 6.07) is 0.586. The van der Waals surface area contributed by atoms with Crippen molar-refractivity contribution in [2.45, 2.75) is 65.0 Å². The van der Waals surface area contributed by atoms with Crippen molar-refractivity contribution in [2.24, 2.45) is 5.92 Å². The van der Waals surface area contributed by atoms with Crippen molar-refractivity contribution >= 4 is 0 Å². The Labute approximate surface area is 112 Å². The van der Waals surface area contributed by atoms with Crippen LogP contribution in [0.25, 0.3) is 0 Å². The Hall–Kier alpha value is -0.150. The molecule has 0 saturated carbocycles. The maximum absolute atomic E-state index is 12.5. The van der Waals surface area contributed by atoms with E-state index in [-0.39, 0.29) is 12.2 Å². The second kappa shape index (κ2) is 7.44. The molecule has 0 aliphatic carbocycles. The fraction of sp³-hybridized carbons (Fsp3) is 1.00. The van der Waals surface area contributed by atoms with Gasteiger partial charge in [0.1, 0.15) is 0 Å². The summed E-state index contributed by atoms with van der Waals surface area (Å²) in [7, 11) is 0. The second-order valence-corrected chi connectivity index (χ2v) is 6.16. The van der Waals surface area contributed by atoms with E-state index in [1.54, 1.807) is 0 Å². The molecule has 2 nitrogen and oxygen atoms in total. The summed E-state index contributed by atoms with van der Waals surface area (Å²) in [6.07, 6.45) is 4.20. The Morgan fingerprint density at radius 3 is 2.50 bits per heavy atom. The van der Waals surface area contributed by atoms with Gasteiger partial charge in [-0.25, -0.2) is 0 Å². The average Bonchev–Trinajstić information content (AvgIpc) is 2.37. The number of alkyl halides is 1. The molecule has 1 atom stereocenters. The molecular formula is C15H31FN2. The number of hydrogen-bond acceptors (Lipinski definition) is 2. The Bertz CT molecular complexity index is 227. The SMILES string of the molecule is CCC1(CC)CN(CCCF)C(CC(C)C)CN1. The number of halogens is 1. The molecule has 0 amide bonds. The van der Waals surface area contributed by atoms with Gasteiger partial charge in [0.2, 0.25) is 0 Å². The number of nitrogens with zero attached hydrogens (tertiary/aromatic N) is 1. The van der Waals surface area contributed by atoms with Crippen LogP contribution in [0.15, 0.2) is 0 Å². The van der Waals surface area contributed by atoms with Crippen molar-refractivity contribution in [3.8, 4) is 0 Å². The van der Waals surface area contributed by atoms with Gasteiger partial charge in [0.15, 0.2) is 0 Å². The molecule has 1 heterocycles. The zero-order chi connectivity index (χ0) is 13.6. The third-order valence-corrected chi connectivity index (χ3v) is 4.41. The zero-order valence-electron chi connectivity index (χ0n) is 12.6. The van der Waals surface area contributed by atoms with Gasteiger partial charge in [-0.1, -0.05) is 27.7 Å². The summed E-state index contributed by atoms with van der Waals surface area (Å²) in [6.45, 7) is 11.9. The average molecular weight is 258 g/mol. The highest BCUT2D eigenvalue weighted by Gasteiger charge is 2.36. The van der Waals surface area contributed by atoms with Crippen LogP contribution in [0.1, 0.15) is 53.4 Å². The number of nitrogens with one attached hydrogen (secondary N) is 1. The number of hydrogen-bond donors (Lipinski definition) is 1. The van der Waals surface area contributed by atoms with Crippen molar-refractivity contribution in [2.75, 3.05) is 26.3 Å². The smallest absolute Gasteiger partial charge is 0.0906 e. The molecule has 1 aliphatic rings. The van der Waals surface area contributed by atoms with Crippen molar-refractivity contribution in [1.29, 1.82) is 0 Å². The van der Waals surface area contributed by atoms with E-state index < -0.39 is 0 Å². The quantitative estimate of drug-likeness (QED) is 0.754. The normalized spacial score (nSPS) is 24.7. The van der Waals surface area contributed by atoms with Gasteiger partial charge >= 0.3 is 0 Å². The first-order valence-corrected chi connectivity index (χ1v) is 7.62. The lowest BCUT2D eigenvalue weighted by atomic mass is 9.87. The minimum atomic E-state index is -0.191. The highest BCUT2D eigenvalue weighted by Crippen LogP contribution is 2.25. The maximum Gasteiger partial charge on any atom is 0.0906 e. The lowest BCUT2D eigenvalue weighted by molar-refractivity contribution is 0.0599. The van der Waals surface area contributed by atoms with Crippen molar-refractivity contribution in [3.05, 3.63) is 0 Å². The molecular weight excluding hydrogens is 227 g/mol. The van der Waals surface area contributed by atoms with E-state index in [9.17, 15) is 4.39 Å². The van der Waals surface area contributed by atoms with Gasteiger partial charge in [-0.15, -0.1) is 0 Å². The predicted octanol–water partition coefficient (Wildman–Crippen LogP) is 3.22. The predicted molar refractivity (Wildman–Crippen MR) is 76.7 cm³/mol. The second-order valence-electron chi connectivity index (χ2n) is 6.16. The minimum absolute atomic E-state index is 0.191. The molecule has 0 aromatic rings. The van der Waals surface area contributed by atoms with Crippen LogP contribution in [-0.4, -0.2) is 42.8 Å². The standard InChI is InChI=1S/C15H31FN2/c1-5-15(6-2)12-18(9-7-8-16)14(11-17-15)10-13(3)4/h13-14,17H,5-12H2,1-4H3. The summed E-state index contributed by atoms with van der Waals surface area (Å²) < 4.78 is 12.5. The Morgan fingerprint density at radius 1 is 1.33 bits per heavy atom. The van der Waals surface area contributed by atoms with Gasteiger partial charge in [0, 0.05) is 31.2 Å². The van der Waals surface area contributed by atoms with Crippen LogP contribution in [0.4, 0.5) is 4.39 Å². The van der Waals surface area contributed by atoms with Crippen molar-refractivity contribution < 1.29 is 4.39 Å². The van der Waals surface area contributed by atoms with Crippen LogP contribution in [0.3, 0.4) is 0 Å². The highest BCUT2D eigenvalue weighted by molar-refractivity contribution is 4.96. The lowest BCUT2D eigenvalue weighted by Crippen LogP contribution is -2.64. The van der Waals surface area contributed by atoms with Gasteiger partial charge in [-0.2, -0.15) is 0 Å². The highest BCUT2D eigenvalue weighted by atomic mass is 19.1. The molecule has 0 spiro atoms. The van der Waals surface area contributed by atoms with Crippen LogP contribution in [0.2, 0.25) is 0 Å². The van der Waals surface area contributed by atoms with Gasteiger partial charge in [-0.05, 0) is 31.6 Å². The Balaban J connectivity index is 2.65. The van der Waals surface area contributed by atoms with Gasteiger partial charge in [0.25, 0.3) is 0 Å². The summed E-state index contributed by atoms with van der Waals surface area (Å²) >= 11 is 0. The van der Waals surface area contributed by atoms with E-state index in [1.807, 2.05) is 0 Å². The molecule has 0 aromatic carbocycles. The first-order chi connectivity index (χ1) is 8.56. The first-order valence-electron chi connectivity index (χ1n) is 7.62. The van der Waals surface area contributed by atoms with Crippen LogP contribution < -0.4 is 5.32 Å². The molecule has 1 fully saturated rings. The fourth-order valence-corrected chi connectivity index (χ4v) is 3.06. The van der Waals surface area contributed by atoms with Crippen LogP contribution in [-0.2, 0) is 0 Å². The number of piperazine rings is 1. The molecule has 18 heavy (non-hydrogen) atoms. The Kier molecular flexibility index (Phi) is 6.58. The van der Waals surface area contributed by atoms with Crippen molar-refractivity contribution in [3.63, 3.8) is 0 Å². The molecule has 1 rings (SSSR count). The van der Waals surface area contributed by atoms with E-state index in [2.05, 4.69) is 37.9 Å². The van der Waals surface area contributed by atoms with E-state index in [0.29, 0.717) is 18.4 Å². The summed E-state index contributed by atoms with van der Waals surface area (Å²) in [5.74, 6) is 0.709. The molecule has 1 saturated heterocycles. The molecule has 0 radical (unpaired) electrons. The van der Waals surface area contributed by atoms with Crippen LogP contribution in [0, 0.1) is 5.92 Å². The lowest BCUT2D eigenvalue weighted by Gasteiger charge is -2.48. The molecule has 1 N–H and O–H groups in total. The zero-order valence-corrected chi connectivity index (χ0v) is 12.6. The van der Waals surface area contributed by atoms with Gasteiger partial charge in [0.05, 0.1) is 6.67 Å². The fourth-order valence-electron chi connectivity index (χ4n) is 3.06. The Morgan fingerprint density at radius 2 is 2.00 bits per heavy atom. The minimum Gasteiger partial charge on any atom is -0.308 e.